The number of likely N-dealkylation sites (N-methyl/N-ethyl adjacent to an activating group) is 1. The largest absolute Gasteiger partial charge is 0.310 e. The lowest BCUT2D eigenvalue weighted by molar-refractivity contribution is 0.301. The Morgan fingerprint density at radius 2 is 2.00 bits per heavy atom. The van der Waals surface area contributed by atoms with Crippen LogP contribution in [0.3, 0.4) is 0 Å². The van der Waals surface area contributed by atoms with Crippen LogP contribution >= 0.6 is 0 Å². The van der Waals surface area contributed by atoms with Crippen molar-refractivity contribution in [1.82, 2.24) is 14.8 Å². The van der Waals surface area contributed by atoms with Gasteiger partial charge in [0.2, 0.25) is 0 Å². The Morgan fingerprint density at radius 1 is 1.30 bits per heavy atom. The molecule has 1 N–H and O–H groups in total. The van der Waals surface area contributed by atoms with E-state index in [2.05, 4.69) is 51.0 Å². The zero-order valence-electron chi connectivity index (χ0n) is 13.4. The molecule has 0 spiro atoms. The van der Waals surface area contributed by atoms with Gasteiger partial charge in [0.25, 0.3) is 5.56 Å². The summed E-state index contributed by atoms with van der Waals surface area (Å²) >= 11 is 0. The van der Waals surface area contributed by atoms with E-state index in [1.807, 2.05) is 4.57 Å². The number of fused-ring (bicyclic) bond motifs is 1. The van der Waals surface area contributed by atoms with Crippen molar-refractivity contribution >= 4 is 0 Å². The van der Waals surface area contributed by atoms with Crippen LogP contribution < -0.4 is 10.9 Å². The Labute approximate surface area is 121 Å². The maximum Gasteiger partial charge on any atom is 0.255 e. The lowest BCUT2D eigenvalue weighted by atomic mass is 10.0. The van der Waals surface area contributed by atoms with Crippen LogP contribution in [-0.4, -0.2) is 29.1 Å². The molecule has 1 aromatic heterocycles. The lowest BCUT2D eigenvalue weighted by Crippen LogP contribution is -2.37. The Kier molecular flexibility index (Phi) is 4.66. The fourth-order valence-corrected chi connectivity index (χ4v) is 2.86. The lowest BCUT2D eigenvalue weighted by Gasteiger charge is -2.29. The van der Waals surface area contributed by atoms with Crippen LogP contribution in [0.25, 0.3) is 0 Å². The number of aromatic nitrogens is 1. The predicted molar refractivity (Wildman–Crippen MR) is 83.1 cm³/mol. The van der Waals surface area contributed by atoms with E-state index in [0.29, 0.717) is 12.6 Å². The molecule has 4 nitrogen and oxygen atoms in total. The summed E-state index contributed by atoms with van der Waals surface area (Å²) in [7, 11) is 2.14. The average molecular weight is 277 g/mol. The molecule has 2 heterocycles. The monoisotopic (exact) mass is 277 g/mol. The third-order valence-electron chi connectivity index (χ3n) is 3.89. The molecule has 0 bridgehead atoms. The van der Waals surface area contributed by atoms with Crippen molar-refractivity contribution < 1.29 is 0 Å². The molecule has 0 aromatic carbocycles. The smallest absolute Gasteiger partial charge is 0.255 e. The fraction of sp³-hybridized carbons (Fsp3) is 0.688. The molecular weight excluding hydrogens is 250 g/mol. The Bertz CT molecular complexity index is 531. The van der Waals surface area contributed by atoms with Crippen LogP contribution in [-0.2, 0) is 19.5 Å². The minimum absolute atomic E-state index is 0.177. The van der Waals surface area contributed by atoms with E-state index >= 15 is 0 Å². The molecule has 0 saturated carbocycles. The van der Waals surface area contributed by atoms with E-state index in [4.69, 9.17) is 0 Å². The van der Waals surface area contributed by atoms with Gasteiger partial charge in [-0.05, 0) is 32.5 Å². The van der Waals surface area contributed by atoms with Gasteiger partial charge in [0.1, 0.15) is 0 Å². The second kappa shape index (κ2) is 6.10. The Balaban J connectivity index is 2.46. The highest BCUT2D eigenvalue weighted by atomic mass is 16.1. The Morgan fingerprint density at radius 3 is 2.60 bits per heavy atom. The predicted octanol–water partition coefficient (Wildman–Crippen LogP) is 1.92. The first kappa shape index (κ1) is 15.3. The van der Waals surface area contributed by atoms with Crippen molar-refractivity contribution in [2.75, 3.05) is 13.6 Å². The first-order chi connectivity index (χ1) is 9.40. The highest BCUT2D eigenvalue weighted by Gasteiger charge is 2.21. The molecule has 1 aromatic rings. The first-order valence-corrected chi connectivity index (χ1v) is 7.58. The summed E-state index contributed by atoms with van der Waals surface area (Å²) in [6, 6.07) is 2.72. The molecule has 1 aliphatic heterocycles. The summed E-state index contributed by atoms with van der Waals surface area (Å²) in [6.07, 6.45) is 0.969. The third-order valence-corrected chi connectivity index (χ3v) is 3.89. The molecule has 0 amide bonds. The summed E-state index contributed by atoms with van der Waals surface area (Å²) in [5, 5.41) is 3.36. The zero-order valence-corrected chi connectivity index (χ0v) is 13.4. The van der Waals surface area contributed by atoms with E-state index in [1.54, 1.807) is 0 Å². The van der Waals surface area contributed by atoms with Crippen molar-refractivity contribution in [2.45, 2.75) is 59.3 Å². The SMILES string of the molecule is CC(C)NCc1cc2c(n(C(C)C)c1=O)CCN(C)C2. The summed E-state index contributed by atoms with van der Waals surface area (Å²) in [4.78, 5) is 15.0. The second-order valence-electron chi connectivity index (χ2n) is 6.43. The number of nitrogens with one attached hydrogen (secondary N) is 1. The average Bonchev–Trinajstić information content (AvgIpc) is 2.36. The molecular formula is C16H27N3O. The molecule has 2 rings (SSSR count). The molecule has 0 radical (unpaired) electrons. The fourth-order valence-electron chi connectivity index (χ4n) is 2.86. The first-order valence-electron chi connectivity index (χ1n) is 7.58. The Hall–Kier alpha value is -1.13. The molecule has 1 aliphatic rings. The normalized spacial score (nSPS) is 15.9. The molecule has 0 unspecified atom stereocenters. The van der Waals surface area contributed by atoms with Gasteiger partial charge in [-0.3, -0.25) is 4.79 Å². The molecule has 4 heteroatoms. The summed E-state index contributed by atoms with van der Waals surface area (Å²) < 4.78 is 2.00. The van der Waals surface area contributed by atoms with Crippen molar-refractivity contribution in [3.63, 3.8) is 0 Å². The summed E-state index contributed by atoms with van der Waals surface area (Å²) in [5.41, 5.74) is 3.61. The molecule has 0 atom stereocenters. The van der Waals surface area contributed by atoms with Crippen LogP contribution in [0.15, 0.2) is 10.9 Å². The van der Waals surface area contributed by atoms with E-state index < -0.39 is 0 Å². The van der Waals surface area contributed by atoms with E-state index in [9.17, 15) is 4.79 Å². The van der Waals surface area contributed by atoms with Crippen molar-refractivity contribution in [1.29, 1.82) is 0 Å². The quantitative estimate of drug-likeness (QED) is 0.913. The second-order valence-corrected chi connectivity index (χ2v) is 6.43. The van der Waals surface area contributed by atoms with Crippen LogP contribution in [0.1, 0.15) is 50.6 Å². The van der Waals surface area contributed by atoms with Crippen LogP contribution in [0.2, 0.25) is 0 Å². The van der Waals surface area contributed by atoms with Crippen LogP contribution in [0.4, 0.5) is 0 Å². The van der Waals surface area contributed by atoms with Crippen molar-refractivity contribution in [2.24, 2.45) is 0 Å². The van der Waals surface area contributed by atoms with Crippen molar-refractivity contribution in [3.8, 4) is 0 Å². The van der Waals surface area contributed by atoms with Crippen molar-refractivity contribution in [3.05, 3.63) is 33.2 Å². The number of hydrogen-bond donors (Lipinski definition) is 1. The van der Waals surface area contributed by atoms with Gasteiger partial charge in [0.15, 0.2) is 0 Å². The van der Waals surface area contributed by atoms with E-state index in [-0.39, 0.29) is 11.6 Å². The van der Waals surface area contributed by atoms with Crippen LogP contribution in [0, 0.1) is 0 Å². The molecule has 112 valence electrons. The number of pyridine rings is 1. The minimum atomic E-state index is 0.177. The van der Waals surface area contributed by atoms with Gasteiger partial charge in [-0.25, -0.2) is 0 Å². The zero-order chi connectivity index (χ0) is 14.9. The topological polar surface area (TPSA) is 37.3 Å². The van der Waals surface area contributed by atoms with Gasteiger partial charge in [-0.15, -0.1) is 0 Å². The number of nitrogens with zero attached hydrogens (tertiary/aromatic N) is 2. The van der Waals surface area contributed by atoms with E-state index in [1.165, 1.54) is 11.3 Å². The maximum atomic E-state index is 12.7. The van der Waals surface area contributed by atoms with Crippen LogP contribution in [0.5, 0.6) is 0 Å². The highest BCUT2D eigenvalue weighted by Crippen LogP contribution is 2.20. The van der Waals surface area contributed by atoms with Gasteiger partial charge in [0.05, 0.1) is 0 Å². The maximum absolute atomic E-state index is 12.7. The van der Waals surface area contributed by atoms with Gasteiger partial charge in [-0.2, -0.15) is 0 Å². The minimum Gasteiger partial charge on any atom is -0.310 e. The highest BCUT2D eigenvalue weighted by molar-refractivity contribution is 5.29. The van der Waals surface area contributed by atoms with E-state index in [0.717, 1.165) is 25.1 Å². The summed E-state index contributed by atoms with van der Waals surface area (Å²) in [6.45, 7) is 11.0. The molecule has 0 aliphatic carbocycles. The standard InChI is InChI=1S/C16H27N3O/c1-11(2)17-9-13-8-14-10-18(5)7-6-15(14)19(12(3)4)16(13)20/h8,11-12,17H,6-7,9-10H2,1-5H3. The summed E-state index contributed by atoms with van der Waals surface area (Å²) in [5.74, 6) is 0. The van der Waals surface area contributed by atoms with Gasteiger partial charge in [0, 0.05) is 49.4 Å². The van der Waals surface area contributed by atoms with Gasteiger partial charge in [-0.1, -0.05) is 13.8 Å². The third kappa shape index (κ3) is 3.13. The molecule has 0 fully saturated rings. The van der Waals surface area contributed by atoms with Gasteiger partial charge < -0.3 is 14.8 Å². The molecule has 20 heavy (non-hydrogen) atoms. The van der Waals surface area contributed by atoms with Gasteiger partial charge >= 0.3 is 0 Å². The molecule has 0 saturated heterocycles. The number of rotatable bonds is 4. The number of hydrogen-bond acceptors (Lipinski definition) is 3.